The largest absolute Gasteiger partial charge is 0.338 e. The first-order valence-electron chi connectivity index (χ1n) is 6.59. The predicted molar refractivity (Wildman–Crippen MR) is 83.0 cm³/mol. The number of rotatable bonds is 10. The van der Waals surface area contributed by atoms with Gasteiger partial charge in [-0.15, -0.1) is 0 Å². The molecule has 2 N–H and O–H groups in total. The standard InChI is InChI=1S/C12H27O2PS2/c1-4-12(5-2,6-3)10-8-7-9-11-17-15(13,14)16/h4-11H2,1-3H3,(H2,13,14,16). The highest BCUT2D eigenvalue weighted by atomic mass is 32.9. The van der Waals surface area contributed by atoms with Crippen LogP contribution < -0.4 is 0 Å². The molecule has 0 atom stereocenters. The molecule has 0 aliphatic rings. The Morgan fingerprint density at radius 1 is 1.00 bits per heavy atom. The van der Waals surface area contributed by atoms with E-state index in [2.05, 4.69) is 32.6 Å². The smallest absolute Gasteiger partial charge is 0.242 e. The van der Waals surface area contributed by atoms with Crippen molar-refractivity contribution in [3.63, 3.8) is 0 Å². The molecule has 0 saturated carbocycles. The van der Waals surface area contributed by atoms with E-state index in [1.165, 1.54) is 38.5 Å². The van der Waals surface area contributed by atoms with E-state index in [0.29, 0.717) is 5.41 Å². The van der Waals surface area contributed by atoms with Crippen molar-refractivity contribution >= 4 is 28.9 Å². The van der Waals surface area contributed by atoms with Crippen LogP contribution in [-0.2, 0) is 11.8 Å². The highest BCUT2D eigenvalue weighted by molar-refractivity contribution is 8.67. The minimum absolute atomic E-state index is 0.538. The molecule has 17 heavy (non-hydrogen) atoms. The van der Waals surface area contributed by atoms with Crippen LogP contribution in [0.25, 0.3) is 0 Å². The summed E-state index contributed by atoms with van der Waals surface area (Å²) in [5.41, 5.74) is -2.48. The normalized spacial score (nSPS) is 13.0. The molecule has 0 aromatic rings. The molecule has 0 aromatic heterocycles. The zero-order valence-electron chi connectivity index (χ0n) is 11.3. The van der Waals surface area contributed by atoms with Crippen molar-refractivity contribution in [2.45, 2.75) is 65.7 Å². The Morgan fingerprint density at radius 2 is 1.53 bits per heavy atom. The fourth-order valence-corrected chi connectivity index (χ4v) is 4.59. The SMILES string of the molecule is CCC(CC)(CC)CCCCCSP(O)(O)=S. The summed E-state index contributed by atoms with van der Waals surface area (Å²) in [6.45, 7) is 6.86. The van der Waals surface area contributed by atoms with E-state index in [9.17, 15) is 0 Å². The fraction of sp³-hybridized carbons (Fsp3) is 1.00. The van der Waals surface area contributed by atoms with Crippen LogP contribution in [0.4, 0.5) is 0 Å². The molecule has 0 aromatic carbocycles. The highest BCUT2D eigenvalue weighted by Gasteiger charge is 2.22. The van der Waals surface area contributed by atoms with Gasteiger partial charge in [0.25, 0.3) is 0 Å². The molecule has 0 saturated heterocycles. The third kappa shape index (κ3) is 8.61. The Morgan fingerprint density at radius 3 is 1.94 bits per heavy atom. The van der Waals surface area contributed by atoms with Gasteiger partial charge in [0.2, 0.25) is 5.69 Å². The van der Waals surface area contributed by atoms with Crippen molar-refractivity contribution < 1.29 is 9.79 Å². The summed E-state index contributed by atoms with van der Waals surface area (Å²) in [7, 11) is 0. The van der Waals surface area contributed by atoms with Gasteiger partial charge in [0.1, 0.15) is 0 Å². The highest BCUT2D eigenvalue weighted by Crippen LogP contribution is 2.50. The molecule has 0 fully saturated rings. The lowest BCUT2D eigenvalue weighted by molar-refractivity contribution is 0.221. The molecule has 0 spiro atoms. The molecular weight excluding hydrogens is 271 g/mol. The second-order valence-corrected chi connectivity index (χ2v) is 10.9. The van der Waals surface area contributed by atoms with E-state index in [1.807, 2.05) is 0 Å². The van der Waals surface area contributed by atoms with Crippen LogP contribution in [0.15, 0.2) is 0 Å². The Labute approximate surface area is 116 Å². The fourth-order valence-electron chi connectivity index (χ4n) is 2.24. The summed E-state index contributed by atoms with van der Waals surface area (Å²) in [5.74, 6) is 0.779. The zero-order chi connectivity index (χ0) is 13.4. The third-order valence-corrected chi connectivity index (χ3v) is 7.17. The average molecular weight is 298 g/mol. The van der Waals surface area contributed by atoms with Crippen LogP contribution in [0.5, 0.6) is 0 Å². The lowest BCUT2D eigenvalue weighted by atomic mass is 9.76. The maximum absolute atomic E-state index is 9.06. The van der Waals surface area contributed by atoms with Crippen molar-refractivity contribution in [3.8, 4) is 0 Å². The van der Waals surface area contributed by atoms with Crippen LogP contribution >= 0.6 is 17.1 Å². The van der Waals surface area contributed by atoms with E-state index < -0.39 is 5.69 Å². The average Bonchev–Trinajstić information content (AvgIpc) is 2.28. The molecule has 0 rings (SSSR count). The Kier molecular flexibility index (Phi) is 9.41. The van der Waals surface area contributed by atoms with E-state index in [0.717, 1.165) is 23.6 Å². The topological polar surface area (TPSA) is 40.5 Å². The minimum atomic E-state index is -3.01. The van der Waals surface area contributed by atoms with Gasteiger partial charge in [-0.1, -0.05) is 64.3 Å². The number of hydrogen-bond donors (Lipinski definition) is 2. The molecule has 2 nitrogen and oxygen atoms in total. The Bertz CT molecular complexity index is 228. The van der Waals surface area contributed by atoms with Crippen LogP contribution in [0, 0.1) is 5.41 Å². The van der Waals surface area contributed by atoms with E-state index >= 15 is 0 Å². The van der Waals surface area contributed by atoms with Crippen molar-refractivity contribution in [2.24, 2.45) is 5.41 Å². The third-order valence-electron chi connectivity index (χ3n) is 3.86. The maximum atomic E-state index is 9.06. The first-order chi connectivity index (χ1) is 7.89. The van der Waals surface area contributed by atoms with Crippen LogP contribution in [-0.4, -0.2) is 15.5 Å². The van der Waals surface area contributed by atoms with Crippen molar-refractivity contribution in [1.29, 1.82) is 0 Å². The summed E-state index contributed by atoms with van der Waals surface area (Å²) in [6, 6.07) is 0. The first-order valence-corrected chi connectivity index (χ1v) is 10.9. The molecule has 0 amide bonds. The molecule has 0 unspecified atom stereocenters. The quantitative estimate of drug-likeness (QED) is 0.453. The van der Waals surface area contributed by atoms with Gasteiger partial charge in [0.15, 0.2) is 0 Å². The molecule has 0 bridgehead atoms. The molecule has 0 aliphatic carbocycles. The van der Waals surface area contributed by atoms with Crippen LogP contribution in [0.3, 0.4) is 0 Å². The first kappa shape index (κ1) is 17.9. The van der Waals surface area contributed by atoms with Gasteiger partial charge >= 0.3 is 0 Å². The summed E-state index contributed by atoms with van der Waals surface area (Å²) >= 11 is 5.71. The van der Waals surface area contributed by atoms with Crippen LogP contribution in [0.1, 0.15) is 65.7 Å². The number of hydrogen-bond acceptors (Lipinski definition) is 2. The van der Waals surface area contributed by atoms with Crippen LogP contribution in [0.2, 0.25) is 0 Å². The summed E-state index contributed by atoms with van der Waals surface area (Å²) in [4.78, 5) is 18.1. The second kappa shape index (κ2) is 8.92. The summed E-state index contributed by atoms with van der Waals surface area (Å²) in [6.07, 6.45) is 8.55. The Balaban J connectivity index is 3.66. The minimum Gasteiger partial charge on any atom is -0.338 e. The molecule has 104 valence electrons. The summed E-state index contributed by atoms with van der Waals surface area (Å²) < 4.78 is 0. The molecular formula is C12H27O2PS2. The van der Waals surface area contributed by atoms with Gasteiger partial charge in [-0.3, -0.25) is 0 Å². The Hall–Kier alpha value is 0.920. The maximum Gasteiger partial charge on any atom is 0.242 e. The molecule has 0 heterocycles. The van der Waals surface area contributed by atoms with E-state index in [4.69, 9.17) is 9.79 Å². The van der Waals surface area contributed by atoms with Gasteiger partial charge < -0.3 is 9.79 Å². The lowest BCUT2D eigenvalue weighted by Crippen LogP contribution is -2.17. The van der Waals surface area contributed by atoms with Gasteiger partial charge in [-0.05, 0) is 30.1 Å². The predicted octanol–water partition coefficient (Wildman–Crippen LogP) is 4.71. The number of unbranched alkanes of at least 4 members (excludes halogenated alkanes) is 2. The molecule has 5 heteroatoms. The second-order valence-electron chi connectivity index (χ2n) is 4.70. The lowest BCUT2D eigenvalue weighted by Gasteiger charge is -2.30. The van der Waals surface area contributed by atoms with Crippen molar-refractivity contribution in [2.75, 3.05) is 5.75 Å². The van der Waals surface area contributed by atoms with Crippen molar-refractivity contribution in [3.05, 3.63) is 0 Å². The summed E-state index contributed by atoms with van der Waals surface area (Å²) in [5, 5.41) is 0. The molecule has 0 radical (unpaired) electrons. The van der Waals surface area contributed by atoms with E-state index in [-0.39, 0.29) is 0 Å². The van der Waals surface area contributed by atoms with E-state index in [1.54, 1.807) is 0 Å². The zero-order valence-corrected chi connectivity index (χ0v) is 13.8. The van der Waals surface area contributed by atoms with Gasteiger partial charge in [0, 0.05) is 5.75 Å². The molecule has 0 aliphatic heterocycles. The monoisotopic (exact) mass is 298 g/mol. The van der Waals surface area contributed by atoms with Gasteiger partial charge in [-0.2, -0.15) is 0 Å². The van der Waals surface area contributed by atoms with Crippen molar-refractivity contribution in [1.82, 2.24) is 0 Å². The van der Waals surface area contributed by atoms with Gasteiger partial charge in [-0.25, -0.2) is 0 Å². The van der Waals surface area contributed by atoms with Gasteiger partial charge in [0.05, 0.1) is 0 Å².